The van der Waals surface area contributed by atoms with Gasteiger partial charge < -0.3 is 9.47 Å². The normalized spacial score (nSPS) is 24.7. The Bertz CT molecular complexity index is 508. The summed E-state index contributed by atoms with van der Waals surface area (Å²) in [5.41, 5.74) is -0.376. The third-order valence-electron chi connectivity index (χ3n) is 2.90. The molecule has 0 aromatic rings. The highest BCUT2D eigenvalue weighted by atomic mass is 32.2. The van der Waals surface area contributed by atoms with Crippen LogP contribution in [0.4, 0.5) is 0 Å². The molecule has 0 N–H and O–H groups in total. The lowest BCUT2D eigenvalue weighted by atomic mass is 10.1. The van der Waals surface area contributed by atoms with Crippen molar-refractivity contribution < 1.29 is 23.9 Å². The highest BCUT2D eigenvalue weighted by Crippen LogP contribution is 2.41. The SMILES string of the molecule is CC(=O)OCC1C=C(C(=O)OC(C)(C)C)N2C(=O)C[C@H]2S1. The zero-order chi connectivity index (χ0) is 15.8. The summed E-state index contributed by atoms with van der Waals surface area (Å²) < 4.78 is 10.3. The van der Waals surface area contributed by atoms with Gasteiger partial charge in [-0.15, -0.1) is 11.8 Å². The van der Waals surface area contributed by atoms with Gasteiger partial charge >= 0.3 is 11.9 Å². The number of carbonyl (C=O) groups excluding carboxylic acids is 3. The van der Waals surface area contributed by atoms with Gasteiger partial charge in [0.1, 0.15) is 17.9 Å². The summed E-state index contributed by atoms with van der Waals surface area (Å²) in [5, 5.41) is -0.226. The molecule has 0 aliphatic carbocycles. The maximum absolute atomic E-state index is 12.2. The van der Waals surface area contributed by atoms with Crippen LogP contribution in [-0.4, -0.2) is 45.6 Å². The summed E-state index contributed by atoms with van der Waals surface area (Å²) in [4.78, 5) is 36.3. The fourth-order valence-corrected chi connectivity index (χ4v) is 3.42. The maximum Gasteiger partial charge on any atom is 0.355 e. The number of amides is 1. The number of β-lactam (4-membered cyclic amide) rings is 1. The Kier molecular flexibility index (Phi) is 4.32. The van der Waals surface area contributed by atoms with Crippen LogP contribution in [0, 0.1) is 0 Å². The zero-order valence-corrected chi connectivity index (χ0v) is 13.4. The van der Waals surface area contributed by atoms with Crippen molar-refractivity contribution >= 4 is 29.6 Å². The van der Waals surface area contributed by atoms with Crippen molar-refractivity contribution in [2.45, 2.75) is 50.3 Å². The Morgan fingerprint density at radius 1 is 1.43 bits per heavy atom. The Morgan fingerprint density at radius 2 is 2.10 bits per heavy atom. The monoisotopic (exact) mass is 313 g/mol. The second kappa shape index (κ2) is 5.71. The quantitative estimate of drug-likeness (QED) is 0.580. The fourth-order valence-electron chi connectivity index (χ4n) is 2.07. The Balaban J connectivity index is 2.14. The third kappa shape index (κ3) is 3.78. The second-order valence-electron chi connectivity index (χ2n) is 5.95. The van der Waals surface area contributed by atoms with Crippen LogP contribution in [0.15, 0.2) is 11.8 Å². The highest BCUT2D eigenvalue weighted by Gasteiger charge is 2.46. The summed E-state index contributed by atoms with van der Waals surface area (Å²) in [7, 11) is 0. The first-order chi connectivity index (χ1) is 9.67. The van der Waals surface area contributed by atoms with Crippen LogP contribution >= 0.6 is 11.8 Å². The van der Waals surface area contributed by atoms with E-state index in [1.165, 1.54) is 23.6 Å². The largest absolute Gasteiger partial charge is 0.464 e. The van der Waals surface area contributed by atoms with Crippen molar-refractivity contribution in [2.75, 3.05) is 6.61 Å². The minimum atomic E-state index is -0.628. The summed E-state index contributed by atoms with van der Waals surface area (Å²) in [6.07, 6.45) is 2.04. The van der Waals surface area contributed by atoms with E-state index < -0.39 is 11.6 Å². The molecular formula is C14H19NO5S. The van der Waals surface area contributed by atoms with E-state index in [2.05, 4.69) is 0 Å². The second-order valence-corrected chi connectivity index (χ2v) is 7.38. The van der Waals surface area contributed by atoms with E-state index in [0.717, 1.165) is 0 Å². The van der Waals surface area contributed by atoms with Crippen molar-refractivity contribution in [1.29, 1.82) is 0 Å². The molecule has 21 heavy (non-hydrogen) atoms. The number of fused-ring (bicyclic) bond motifs is 1. The van der Waals surface area contributed by atoms with Crippen LogP contribution in [0.2, 0.25) is 0 Å². The Morgan fingerprint density at radius 3 is 2.62 bits per heavy atom. The number of carbonyl (C=O) groups is 3. The molecule has 116 valence electrons. The molecule has 7 heteroatoms. The molecule has 6 nitrogen and oxygen atoms in total. The molecule has 0 radical (unpaired) electrons. The predicted molar refractivity (Wildman–Crippen MR) is 77.2 cm³/mol. The van der Waals surface area contributed by atoms with Crippen LogP contribution in [-0.2, 0) is 23.9 Å². The van der Waals surface area contributed by atoms with Crippen molar-refractivity contribution in [3.05, 3.63) is 11.8 Å². The smallest absolute Gasteiger partial charge is 0.355 e. The standard InChI is InChI=1S/C14H19NO5S/c1-8(16)19-7-9-5-10(13(18)20-14(2,3)4)15-11(17)6-12(15)21-9/h5,9,12H,6-7H2,1-4H3/t9?,12-/m1/s1. The number of thioether (sulfide) groups is 1. The van der Waals surface area contributed by atoms with Gasteiger partial charge in [-0.1, -0.05) is 0 Å². The van der Waals surface area contributed by atoms with Crippen molar-refractivity contribution in [1.82, 2.24) is 4.90 Å². The maximum atomic E-state index is 12.2. The third-order valence-corrected chi connectivity index (χ3v) is 4.21. The van der Waals surface area contributed by atoms with Gasteiger partial charge in [-0.05, 0) is 26.8 Å². The molecule has 0 aromatic heterocycles. The lowest BCUT2D eigenvalue weighted by molar-refractivity contribution is -0.157. The molecule has 1 fully saturated rings. The van der Waals surface area contributed by atoms with Gasteiger partial charge in [-0.25, -0.2) is 4.79 Å². The van der Waals surface area contributed by atoms with Gasteiger partial charge in [0.2, 0.25) is 5.91 Å². The van der Waals surface area contributed by atoms with E-state index in [1.807, 2.05) is 0 Å². The first kappa shape index (κ1) is 15.9. The van der Waals surface area contributed by atoms with Crippen LogP contribution in [0.3, 0.4) is 0 Å². The molecule has 2 aliphatic rings. The number of hydrogen-bond donors (Lipinski definition) is 0. The van der Waals surface area contributed by atoms with Crippen molar-refractivity contribution in [2.24, 2.45) is 0 Å². The van der Waals surface area contributed by atoms with Crippen LogP contribution in [0.25, 0.3) is 0 Å². The van der Waals surface area contributed by atoms with E-state index in [0.29, 0.717) is 6.42 Å². The number of hydrogen-bond acceptors (Lipinski definition) is 6. The molecular weight excluding hydrogens is 294 g/mol. The molecule has 2 heterocycles. The van der Waals surface area contributed by atoms with E-state index >= 15 is 0 Å². The zero-order valence-electron chi connectivity index (χ0n) is 12.5. The highest BCUT2D eigenvalue weighted by molar-refractivity contribution is 8.00. The molecule has 1 amide bonds. The number of esters is 2. The molecule has 0 bridgehead atoms. The molecule has 2 rings (SSSR count). The average molecular weight is 313 g/mol. The van der Waals surface area contributed by atoms with E-state index in [-0.39, 0.29) is 34.8 Å². The Hall–Kier alpha value is -1.50. The lowest BCUT2D eigenvalue weighted by Crippen LogP contribution is -2.55. The van der Waals surface area contributed by atoms with Crippen molar-refractivity contribution in [3.63, 3.8) is 0 Å². The van der Waals surface area contributed by atoms with E-state index in [4.69, 9.17) is 9.47 Å². The summed E-state index contributed by atoms with van der Waals surface area (Å²) in [6.45, 7) is 6.84. The summed E-state index contributed by atoms with van der Waals surface area (Å²) in [5.74, 6) is -0.973. The predicted octanol–water partition coefficient (Wildman–Crippen LogP) is 1.45. The minimum absolute atomic E-state index is 0.0782. The van der Waals surface area contributed by atoms with Gasteiger partial charge in [0, 0.05) is 6.92 Å². The molecule has 1 unspecified atom stereocenters. The van der Waals surface area contributed by atoms with Gasteiger partial charge in [-0.2, -0.15) is 0 Å². The van der Waals surface area contributed by atoms with Crippen LogP contribution in [0.1, 0.15) is 34.1 Å². The molecule has 0 saturated carbocycles. The lowest BCUT2D eigenvalue weighted by Gasteiger charge is -2.45. The summed E-state index contributed by atoms with van der Waals surface area (Å²) in [6, 6.07) is 0. The minimum Gasteiger partial charge on any atom is -0.464 e. The van der Waals surface area contributed by atoms with E-state index in [9.17, 15) is 14.4 Å². The Labute approximate surface area is 127 Å². The molecule has 2 aliphatic heterocycles. The fraction of sp³-hybridized carbons (Fsp3) is 0.643. The van der Waals surface area contributed by atoms with Gasteiger partial charge in [0.25, 0.3) is 0 Å². The van der Waals surface area contributed by atoms with Crippen molar-refractivity contribution in [3.8, 4) is 0 Å². The topological polar surface area (TPSA) is 72.9 Å². The van der Waals surface area contributed by atoms with Gasteiger partial charge in [0.15, 0.2) is 0 Å². The van der Waals surface area contributed by atoms with Gasteiger partial charge in [0.05, 0.1) is 17.0 Å². The first-order valence-corrected chi connectivity index (χ1v) is 7.68. The number of nitrogens with zero attached hydrogens (tertiary/aromatic N) is 1. The molecule has 0 aromatic carbocycles. The average Bonchev–Trinajstić information content (AvgIpc) is 2.32. The number of ether oxygens (including phenoxy) is 2. The van der Waals surface area contributed by atoms with Crippen LogP contribution in [0.5, 0.6) is 0 Å². The first-order valence-electron chi connectivity index (χ1n) is 6.73. The number of rotatable bonds is 3. The molecule has 0 spiro atoms. The summed E-state index contributed by atoms with van der Waals surface area (Å²) >= 11 is 1.51. The van der Waals surface area contributed by atoms with Crippen LogP contribution < -0.4 is 0 Å². The van der Waals surface area contributed by atoms with E-state index in [1.54, 1.807) is 26.8 Å². The van der Waals surface area contributed by atoms with Gasteiger partial charge in [-0.3, -0.25) is 14.5 Å². The molecule has 1 saturated heterocycles. The molecule has 2 atom stereocenters.